The molecule has 0 aliphatic rings. The van der Waals surface area contributed by atoms with Crippen molar-refractivity contribution >= 4 is 46.8 Å². The molecule has 3 aromatic rings. The highest BCUT2D eigenvalue weighted by Gasteiger charge is 2.12. The SMILES string of the molecule is COC(=O)c1ccccc1NC(=O)C=Cc1ccc(-c2ccc(Cl)cc2Cl)o1. The maximum absolute atomic E-state index is 12.2. The molecule has 0 aliphatic heterocycles. The molecule has 0 unspecified atom stereocenters. The molecule has 0 fully saturated rings. The van der Waals surface area contributed by atoms with Crippen LogP contribution in [0.4, 0.5) is 5.69 Å². The number of para-hydroxylation sites is 1. The fraction of sp³-hybridized carbons (Fsp3) is 0.0476. The minimum atomic E-state index is -0.532. The van der Waals surface area contributed by atoms with Crippen molar-refractivity contribution in [1.29, 1.82) is 0 Å². The minimum absolute atomic E-state index is 0.268. The Labute approximate surface area is 171 Å². The summed E-state index contributed by atoms with van der Waals surface area (Å²) in [6, 6.07) is 15.1. The maximum Gasteiger partial charge on any atom is 0.339 e. The predicted octanol–water partition coefficient (Wildman–Crippen LogP) is 5.69. The zero-order chi connectivity index (χ0) is 20.1. The number of carbonyl (C=O) groups excluding carboxylic acids is 2. The third-order valence-electron chi connectivity index (χ3n) is 3.81. The molecule has 0 atom stereocenters. The van der Waals surface area contributed by atoms with Crippen molar-refractivity contribution in [2.24, 2.45) is 0 Å². The Bertz CT molecular complexity index is 1060. The highest BCUT2D eigenvalue weighted by molar-refractivity contribution is 6.36. The Morgan fingerprint density at radius 1 is 1.07 bits per heavy atom. The predicted molar refractivity (Wildman–Crippen MR) is 110 cm³/mol. The number of hydrogen-bond donors (Lipinski definition) is 1. The van der Waals surface area contributed by atoms with Crippen LogP contribution in [0.15, 0.2) is 65.1 Å². The number of ether oxygens (including phenoxy) is 1. The Kier molecular flexibility index (Phi) is 6.19. The number of methoxy groups -OCH3 is 1. The van der Waals surface area contributed by atoms with Crippen molar-refractivity contribution in [2.75, 3.05) is 12.4 Å². The number of esters is 1. The van der Waals surface area contributed by atoms with Crippen LogP contribution in [0.5, 0.6) is 0 Å². The number of nitrogens with one attached hydrogen (secondary N) is 1. The topological polar surface area (TPSA) is 68.5 Å². The molecule has 0 saturated carbocycles. The molecule has 1 amide bonds. The van der Waals surface area contributed by atoms with Gasteiger partial charge in [-0.25, -0.2) is 4.79 Å². The Hall–Kier alpha value is -3.02. The van der Waals surface area contributed by atoms with E-state index < -0.39 is 11.9 Å². The molecule has 0 spiro atoms. The van der Waals surface area contributed by atoms with Crippen molar-refractivity contribution in [2.45, 2.75) is 0 Å². The third-order valence-corrected chi connectivity index (χ3v) is 4.36. The first-order valence-electron chi connectivity index (χ1n) is 8.19. The molecule has 1 aromatic heterocycles. The average molecular weight is 416 g/mol. The van der Waals surface area contributed by atoms with Gasteiger partial charge in [0, 0.05) is 16.7 Å². The number of halogens is 2. The molecule has 1 heterocycles. The summed E-state index contributed by atoms with van der Waals surface area (Å²) in [6.07, 6.45) is 2.82. The summed E-state index contributed by atoms with van der Waals surface area (Å²) in [6.45, 7) is 0. The number of carbonyl (C=O) groups is 2. The van der Waals surface area contributed by atoms with Gasteiger partial charge in [-0.15, -0.1) is 0 Å². The van der Waals surface area contributed by atoms with Gasteiger partial charge in [0.25, 0.3) is 0 Å². The van der Waals surface area contributed by atoms with Gasteiger partial charge < -0.3 is 14.5 Å². The van der Waals surface area contributed by atoms with E-state index in [0.29, 0.717) is 32.8 Å². The molecule has 142 valence electrons. The number of hydrogen-bond acceptors (Lipinski definition) is 4. The fourth-order valence-electron chi connectivity index (χ4n) is 2.49. The second kappa shape index (κ2) is 8.78. The summed E-state index contributed by atoms with van der Waals surface area (Å²) in [5.74, 6) is 0.0735. The summed E-state index contributed by atoms with van der Waals surface area (Å²) in [5.41, 5.74) is 1.32. The normalized spacial score (nSPS) is 10.8. The van der Waals surface area contributed by atoms with E-state index in [0.717, 1.165) is 0 Å². The largest absolute Gasteiger partial charge is 0.465 e. The zero-order valence-corrected chi connectivity index (χ0v) is 16.3. The highest BCUT2D eigenvalue weighted by atomic mass is 35.5. The molecular weight excluding hydrogens is 401 g/mol. The van der Waals surface area contributed by atoms with Gasteiger partial charge in [0.2, 0.25) is 5.91 Å². The number of anilines is 1. The van der Waals surface area contributed by atoms with Crippen LogP contribution in [-0.4, -0.2) is 19.0 Å². The lowest BCUT2D eigenvalue weighted by atomic mass is 10.2. The number of amides is 1. The van der Waals surface area contributed by atoms with E-state index in [9.17, 15) is 9.59 Å². The Balaban J connectivity index is 1.72. The van der Waals surface area contributed by atoms with Crippen molar-refractivity contribution in [3.63, 3.8) is 0 Å². The highest BCUT2D eigenvalue weighted by Crippen LogP contribution is 2.31. The fourth-order valence-corrected chi connectivity index (χ4v) is 2.99. The molecule has 0 bridgehead atoms. The second-order valence-electron chi connectivity index (χ2n) is 5.69. The van der Waals surface area contributed by atoms with E-state index in [1.807, 2.05) is 0 Å². The smallest absolute Gasteiger partial charge is 0.339 e. The molecule has 7 heteroatoms. The van der Waals surface area contributed by atoms with Crippen molar-refractivity contribution in [3.05, 3.63) is 82.0 Å². The lowest BCUT2D eigenvalue weighted by molar-refractivity contribution is -0.111. The van der Waals surface area contributed by atoms with Crippen LogP contribution in [0.2, 0.25) is 10.0 Å². The Morgan fingerprint density at radius 3 is 2.61 bits per heavy atom. The van der Waals surface area contributed by atoms with Crippen LogP contribution in [0.3, 0.4) is 0 Å². The van der Waals surface area contributed by atoms with E-state index in [2.05, 4.69) is 5.32 Å². The van der Waals surface area contributed by atoms with E-state index in [-0.39, 0.29) is 5.56 Å². The van der Waals surface area contributed by atoms with Gasteiger partial charge in [0.1, 0.15) is 11.5 Å². The van der Waals surface area contributed by atoms with Gasteiger partial charge in [0.15, 0.2) is 0 Å². The van der Waals surface area contributed by atoms with Crippen molar-refractivity contribution in [3.8, 4) is 11.3 Å². The van der Waals surface area contributed by atoms with Crippen LogP contribution in [0.25, 0.3) is 17.4 Å². The minimum Gasteiger partial charge on any atom is -0.465 e. The zero-order valence-electron chi connectivity index (χ0n) is 14.7. The van der Waals surface area contributed by atoms with Crippen LogP contribution in [0.1, 0.15) is 16.1 Å². The lowest BCUT2D eigenvalue weighted by Crippen LogP contribution is -2.12. The van der Waals surface area contributed by atoms with E-state index in [1.165, 1.54) is 19.3 Å². The first-order chi connectivity index (χ1) is 13.5. The summed E-state index contributed by atoms with van der Waals surface area (Å²) in [5, 5.41) is 3.64. The molecule has 3 rings (SSSR count). The van der Waals surface area contributed by atoms with Gasteiger partial charge in [-0.1, -0.05) is 35.3 Å². The van der Waals surface area contributed by atoms with Gasteiger partial charge in [-0.05, 0) is 48.5 Å². The van der Waals surface area contributed by atoms with Crippen LogP contribution in [-0.2, 0) is 9.53 Å². The van der Waals surface area contributed by atoms with Gasteiger partial charge in [-0.2, -0.15) is 0 Å². The summed E-state index contributed by atoms with van der Waals surface area (Å²) < 4.78 is 10.4. The standard InChI is InChI=1S/C21H15Cl2NO4/c1-27-21(26)16-4-2-3-5-18(16)24-20(25)11-8-14-7-10-19(28-14)15-9-6-13(22)12-17(15)23/h2-12H,1H3,(H,24,25). The van der Waals surface area contributed by atoms with Gasteiger partial charge >= 0.3 is 5.97 Å². The molecule has 28 heavy (non-hydrogen) atoms. The van der Waals surface area contributed by atoms with Crippen LogP contribution in [0, 0.1) is 0 Å². The van der Waals surface area contributed by atoms with E-state index in [1.54, 1.807) is 54.6 Å². The number of rotatable bonds is 5. The molecule has 2 aromatic carbocycles. The Morgan fingerprint density at radius 2 is 1.86 bits per heavy atom. The van der Waals surface area contributed by atoms with Crippen molar-refractivity contribution < 1.29 is 18.7 Å². The van der Waals surface area contributed by atoms with E-state index >= 15 is 0 Å². The van der Waals surface area contributed by atoms with Crippen molar-refractivity contribution in [1.82, 2.24) is 0 Å². The first-order valence-corrected chi connectivity index (χ1v) is 8.95. The molecule has 0 saturated heterocycles. The third kappa shape index (κ3) is 4.63. The summed E-state index contributed by atoms with van der Waals surface area (Å²) in [4.78, 5) is 23.9. The molecule has 0 aliphatic carbocycles. The van der Waals surface area contributed by atoms with Crippen LogP contribution < -0.4 is 5.32 Å². The monoisotopic (exact) mass is 415 g/mol. The lowest BCUT2D eigenvalue weighted by Gasteiger charge is -2.07. The number of furan rings is 1. The van der Waals surface area contributed by atoms with Gasteiger partial charge in [-0.3, -0.25) is 4.79 Å². The average Bonchev–Trinajstić information content (AvgIpc) is 3.15. The molecule has 0 radical (unpaired) electrons. The quantitative estimate of drug-likeness (QED) is 0.429. The maximum atomic E-state index is 12.2. The first kappa shape index (κ1) is 19.7. The summed E-state index contributed by atoms with van der Waals surface area (Å²) in [7, 11) is 1.28. The second-order valence-corrected chi connectivity index (χ2v) is 6.53. The van der Waals surface area contributed by atoms with E-state index in [4.69, 9.17) is 32.4 Å². The molecule has 1 N–H and O–H groups in total. The number of benzene rings is 2. The summed E-state index contributed by atoms with van der Waals surface area (Å²) >= 11 is 12.1. The van der Waals surface area contributed by atoms with Crippen LogP contribution >= 0.6 is 23.2 Å². The van der Waals surface area contributed by atoms with Gasteiger partial charge in [0.05, 0.1) is 23.4 Å². The molecular formula is C21H15Cl2NO4. The molecule has 5 nitrogen and oxygen atoms in total.